The number of hydrogen-bond acceptors (Lipinski definition) is 8. The molecular formula is C27H30N6OS. The topological polar surface area (TPSA) is 90.0 Å². The number of ether oxygens (including phenoxy) is 1. The molecule has 0 amide bonds. The van der Waals surface area contributed by atoms with Crippen molar-refractivity contribution < 1.29 is 4.74 Å². The zero-order valence-electron chi connectivity index (χ0n) is 20.6. The van der Waals surface area contributed by atoms with Crippen LogP contribution in [0.15, 0.2) is 24.4 Å². The predicted octanol–water partition coefficient (Wildman–Crippen LogP) is 5.75. The lowest BCUT2D eigenvalue weighted by Crippen LogP contribution is -2.28. The minimum Gasteiger partial charge on any atom is -0.491 e. The van der Waals surface area contributed by atoms with Crippen molar-refractivity contribution in [3.63, 3.8) is 0 Å². The molecule has 2 aliphatic rings. The molecular weight excluding hydrogens is 456 g/mol. The van der Waals surface area contributed by atoms with E-state index in [1.807, 2.05) is 6.20 Å². The fourth-order valence-corrected chi connectivity index (χ4v) is 5.74. The van der Waals surface area contributed by atoms with E-state index < -0.39 is 0 Å². The van der Waals surface area contributed by atoms with Crippen LogP contribution in [-0.4, -0.2) is 33.1 Å². The Balaban J connectivity index is 1.42. The molecule has 1 aliphatic carbocycles. The number of rotatable bonds is 4. The third-order valence-electron chi connectivity index (χ3n) is 6.87. The standard InChI is InChI=1S/C27H30N6OS/c1-14(2)22-16(4)30-24(17-5-6-17)32-25(22)33-7-8-34-23-15(3)9-18(10-20(23)13-33)19-11-21-26(29-12-19)35-27(28)31-21/h9-12,14,17H,5-8,13H2,1-4H3,(H2,28,31). The zero-order chi connectivity index (χ0) is 24.3. The second-order valence-corrected chi connectivity index (χ2v) is 11.0. The Morgan fingerprint density at radius 3 is 2.69 bits per heavy atom. The molecule has 1 fully saturated rings. The third kappa shape index (κ3) is 4.10. The summed E-state index contributed by atoms with van der Waals surface area (Å²) in [6.45, 7) is 10.8. The summed E-state index contributed by atoms with van der Waals surface area (Å²) in [5.41, 5.74) is 13.5. The second-order valence-electron chi connectivity index (χ2n) is 9.99. The Bertz CT molecular complexity index is 1440. The van der Waals surface area contributed by atoms with Crippen LogP contribution in [0.3, 0.4) is 0 Å². The summed E-state index contributed by atoms with van der Waals surface area (Å²) in [5.74, 6) is 3.90. The van der Waals surface area contributed by atoms with Crippen molar-refractivity contribution in [1.82, 2.24) is 19.9 Å². The highest BCUT2D eigenvalue weighted by Gasteiger charge is 2.30. The highest BCUT2D eigenvalue weighted by atomic mass is 32.1. The molecule has 6 rings (SSSR count). The van der Waals surface area contributed by atoms with Gasteiger partial charge in [0.1, 0.15) is 34.3 Å². The molecule has 0 bridgehead atoms. The summed E-state index contributed by atoms with van der Waals surface area (Å²) in [6, 6.07) is 6.47. The van der Waals surface area contributed by atoms with Gasteiger partial charge in [-0.1, -0.05) is 25.2 Å². The van der Waals surface area contributed by atoms with E-state index in [-0.39, 0.29) is 0 Å². The molecule has 3 aromatic heterocycles. The lowest BCUT2D eigenvalue weighted by molar-refractivity contribution is 0.329. The molecule has 0 saturated heterocycles. The van der Waals surface area contributed by atoms with E-state index in [0.29, 0.717) is 23.6 Å². The molecule has 0 atom stereocenters. The maximum absolute atomic E-state index is 6.29. The number of benzene rings is 1. The minimum absolute atomic E-state index is 0.346. The van der Waals surface area contributed by atoms with Crippen LogP contribution in [0.25, 0.3) is 21.5 Å². The highest BCUT2D eigenvalue weighted by Crippen LogP contribution is 2.41. The van der Waals surface area contributed by atoms with Gasteiger partial charge >= 0.3 is 0 Å². The number of nitrogens with zero attached hydrogens (tertiary/aromatic N) is 5. The average Bonchev–Trinajstić information content (AvgIpc) is 3.61. The maximum atomic E-state index is 6.29. The number of anilines is 2. The molecule has 8 heteroatoms. The summed E-state index contributed by atoms with van der Waals surface area (Å²) < 4.78 is 6.29. The van der Waals surface area contributed by atoms with Gasteiger partial charge in [-0.05, 0) is 61.9 Å². The van der Waals surface area contributed by atoms with Gasteiger partial charge in [0.25, 0.3) is 0 Å². The van der Waals surface area contributed by atoms with Crippen LogP contribution < -0.4 is 15.4 Å². The van der Waals surface area contributed by atoms with Crippen molar-refractivity contribution in [2.45, 2.75) is 58.9 Å². The van der Waals surface area contributed by atoms with E-state index in [0.717, 1.165) is 68.8 Å². The first-order valence-corrected chi connectivity index (χ1v) is 13.1. The quantitative estimate of drug-likeness (QED) is 0.393. The first kappa shape index (κ1) is 22.2. The van der Waals surface area contributed by atoms with Gasteiger partial charge in [-0.2, -0.15) is 0 Å². The van der Waals surface area contributed by atoms with Crippen molar-refractivity contribution in [1.29, 1.82) is 0 Å². The minimum atomic E-state index is 0.346. The van der Waals surface area contributed by atoms with Crippen LogP contribution in [0, 0.1) is 13.8 Å². The van der Waals surface area contributed by atoms with Crippen LogP contribution in [0.2, 0.25) is 0 Å². The Labute approximate surface area is 209 Å². The summed E-state index contributed by atoms with van der Waals surface area (Å²) >= 11 is 1.41. The number of nitrogens with two attached hydrogens (primary N) is 1. The number of thiazole rings is 1. The number of hydrogen-bond donors (Lipinski definition) is 1. The van der Waals surface area contributed by atoms with E-state index in [4.69, 9.17) is 20.4 Å². The summed E-state index contributed by atoms with van der Waals surface area (Å²) in [5, 5.41) is 0.540. The monoisotopic (exact) mass is 486 g/mol. The second kappa shape index (κ2) is 8.45. The normalized spacial score (nSPS) is 15.9. The van der Waals surface area contributed by atoms with Crippen LogP contribution in [0.5, 0.6) is 5.75 Å². The Hall–Kier alpha value is -3.26. The van der Waals surface area contributed by atoms with E-state index in [2.05, 4.69) is 60.8 Å². The third-order valence-corrected chi connectivity index (χ3v) is 7.68. The van der Waals surface area contributed by atoms with Gasteiger partial charge < -0.3 is 15.4 Å². The Morgan fingerprint density at radius 1 is 1.09 bits per heavy atom. The van der Waals surface area contributed by atoms with Crippen molar-refractivity contribution >= 4 is 32.6 Å². The fourth-order valence-electron chi connectivity index (χ4n) is 5.09. The lowest BCUT2D eigenvalue weighted by atomic mass is 9.99. The van der Waals surface area contributed by atoms with Gasteiger partial charge in [0.15, 0.2) is 5.13 Å². The molecule has 1 aliphatic heterocycles. The number of aromatic nitrogens is 4. The van der Waals surface area contributed by atoms with E-state index in [1.165, 1.54) is 29.7 Å². The fraction of sp³-hybridized carbons (Fsp3) is 0.407. The molecule has 0 unspecified atom stereocenters. The van der Waals surface area contributed by atoms with Gasteiger partial charge in [0.05, 0.1) is 6.54 Å². The van der Waals surface area contributed by atoms with Crippen LogP contribution in [0.1, 0.15) is 66.7 Å². The first-order valence-electron chi connectivity index (χ1n) is 12.3. The molecule has 35 heavy (non-hydrogen) atoms. The van der Waals surface area contributed by atoms with E-state index in [9.17, 15) is 0 Å². The summed E-state index contributed by atoms with van der Waals surface area (Å²) in [6.07, 6.45) is 4.29. The molecule has 0 spiro atoms. The molecule has 0 radical (unpaired) electrons. The highest BCUT2D eigenvalue weighted by molar-refractivity contribution is 7.21. The van der Waals surface area contributed by atoms with Crippen molar-refractivity contribution in [2.24, 2.45) is 0 Å². The Morgan fingerprint density at radius 2 is 1.91 bits per heavy atom. The Kier molecular flexibility index (Phi) is 5.36. The van der Waals surface area contributed by atoms with E-state index in [1.54, 1.807) is 0 Å². The van der Waals surface area contributed by atoms with Crippen LogP contribution >= 0.6 is 11.3 Å². The van der Waals surface area contributed by atoms with Gasteiger partial charge in [-0.25, -0.2) is 19.9 Å². The molecule has 4 heterocycles. The number of aryl methyl sites for hydroxylation is 2. The van der Waals surface area contributed by atoms with Crippen LogP contribution in [0.4, 0.5) is 10.9 Å². The lowest BCUT2D eigenvalue weighted by Gasteiger charge is -2.27. The molecule has 4 aromatic rings. The summed E-state index contributed by atoms with van der Waals surface area (Å²) in [7, 11) is 0. The summed E-state index contributed by atoms with van der Waals surface area (Å²) in [4.78, 5) is 22.3. The molecule has 180 valence electrons. The van der Waals surface area contributed by atoms with Crippen LogP contribution in [-0.2, 0) is 6.54 Å². The molecule has 1 aromatic carbocycles. The number of nitrogen functional groups attached to an aromatic ring is 1. The molecule has 1 saturated carbocycles. The predicted molar refractivity (Wildman–Crippen MR) is 141 cm³/mol. The number of pyridine rings is 1. The van der Waals surface area contributed by atoms with Crippen molar-refractivity contribution in [3.8, 4) is 16.9 Å². The molecule has 2 N–H and O–H groups in total. The van der Waals surface area contributed by atoms with Gasteiger partial charge in [0, 0.05) is 41.0 Å². The van der Waals surface area contributed by atoms with E-state index >= 15 is 0 Å². The first-order chi connectivity index (χ1) is 16.9. The van der Waals surface area contributed by atoms with Gasteiger partial charge in [-0.15, -0.1) is 0 Å². The number of fused-ring (bicyclic) bond motifs is 2. The zero-order valence-corrected chi connectivity index (χ0v) is 21.4. The maximum Gasteiger partial charge on any atom is 0.182 e. The van der Waals surface area contributed by atoms with Crippen molar-refractivity contribution in [2.75, 3.05) is 23.8 Å². The SMILES string of the molecule is Cc1cc(-c2cnc3sc(N)nc3c2)cc2c1OCCN(c1nc(C3CC3)nc(C)c1C(C)C)C2. The van der Waals surface area contributed by atoms with Gasteiger partial charge in [-0.3, -0.25) is 0 Å². The smallest absolute Gasteiger partial charge is 0.182 e. The largest absolute Gasteiger partial charge is 0.491 e. The average molecular weight is 487 g/mol. The molecule has 7 nitrogen and oxygen atoms in total. The van der Waals surface area contributed by atoms with Crippen molar-refractivity contribution in [3.05, 3.63) is 52.6 Å². The van der Waals surface area contributed by atoms with Gasteiger partial charge in [0.2, 0.25) is 0 Å².